The number of para-hydroxylation sites is 1. The summed E-state index contributed by atoms with van der Waals surface area (Å²) in [7, 11) is 0. The molecule has 0 spiro atoms. The third-order valence-electron chi connectivity index (χ3n) is 2.87. The molecule has 0 saturated carbocycles. The molecule has 0 aliphatic heterocycles. The number of anilines is 1. The van der Waals surface area contributed by atoms with Gasteiger partial charge in [-0.3, -0.25) is 0 Å². The second kappa shape index (κ2) is 9.26. The monoisotopic (exact) mass is 370 g/mol. The quantitative estimate of drug-likeness (QED) is 0.538. The fourth-order valence-corrected chi connectivity index (χ4v) is 3.30. The highest BCUT2D eigenvalue weighted by atomic mass is 35.5. The van der Waals surface area contributed by atoms with Gasteiger partial charge in [-0.25, -0.2) is 0 Å². The van der Waals surface area contributed by atoms with E-state index in [1.807, 2.05) is 60.3 Å². The number of hydrogen-bond donors (Lipinski definition) is 2. The lowest BCUT2D eigenvalue weighted by molar-refractivity contribution is 0.990. The Morgan fingerprint density at radius 2 is 1.68 bits per heavy atom. The predicted octanol–water partition coefficient (Wildman–Crippen LogP) is 5.21. The third-order valence-corrected chi connectivity index (χ3v) is 4.82. The minimum absolute atomic E-state index is 0.575. The largest absolute Gasteiger partial charge is 0.362 e. The average Bonchev–Trinajstić information content (AvgIpc) is 2.51. The summed E-state index contributed by atoms with van der Waals surface area (Å²) >= 11 is 19.2. The second-order valence-corrected chi connectivity index (χ2v) is 6.83. The van der Waals surface area contributed by atoms with Gasteiger partial charge < -0.3 is 10.6 Å². The Morgan fingerprint density at radius 3 is 2.41 bits per heavy atom. The summed E-state index contributed by atoms with van der Waals surface area (Å²) < 4.78 is 0. The van der Waals surface area contributed by atoms with Crippen LogP contribution < -0.4 is 10.6 Å². The first-order chi connectivity index (χ1) is 10.7. The average molecular weight is 371 g/mol. The van der Waals surface area contributed by atoms with Crippen molar-refractivity contribution < 1.29 is 0 Å². The number of halogens is 2. The van der Waals surface area contributed by atoms with Crippen LogP contribution >= 0.6 is 47.2 Å². The van der Waals surface area contributed by atoms with E-state index < -0.39 is 0 Å². The highest BCUT2D eigenvalue weighted by molar-refractivity contribution is 7.98. The lowest BCUT2D eigenvalue weighted by atomic mass is 10.2. The lowest BCUT2D eigenvalue weighted by Gasteiger charge is -2.11. The van der Waals surface area contributed by atoms with Gasteiger partial charge in [0.2, 0.25) is 0 Å². The maximum atomic E-state index is 6.12. The molecule has 0 atom stereocenters. The smallest absolute Gasteiger partial charge is 0.170 e. The summed E-state index contributed by atoms with van der Waals surface area (Å²) in [5, 5.41) is 8.30. The van der Waals surface area contributed by atoms with Gasteiger partial charge in [-0.2, -0.15) is 11.8 Å². The van der Waals surface area contributed by atoms with Crippen molar-refractivity contribution in [1.82, 2.24) is 5.32 Å². The molecule has 0 fully saturated rings. The molecule has 22 heavy (non-hydrogen) atoms. The number of thiocarbonyl (C=S) groups is 1. The number of thioether (sulfide) groups is 1. The Bertz CT molecular complexity index is 635. The minimum Gasteiger partial charge on any atom is -0.362 e. The van der Waals surface area contributed by atoms with Crippen LogP contribution in [-0.4, -0.2) is 17.4 Å². The molecule has 6 heteroatoms. The van der Waals surface area contributed by atoms with Gasteiger partial charge in [-0.1, -0.05) is 53.5 Å². The van der Waals surface area contributed by atoms with E-state index in [1.165, 1.54) is 0 Å². The minimum atomic E-state index is 0.575. The van der Waals surface area contributed by atoms with Gasteiger partial charge in [0.1, 0.15) is 0 Å². The molecule has 2 aromatic rings. The molecule has 116 valence electrons. The van der Waals surface area contributed by atoms with Crippen LogP contribution in [0.2, 0.25) is 10.0 Å². The Kier molecular flexibility index (Phi) is 7.33. The van der Waals surface area contributed by atoms with Crippen LogP contribution in [0.3, 0.4) is 0 Å². The maximum Gasteiger partial charge on any atom is 0.170 e. The molecule has 0 radical (unpaired) electrons. The summed E-state index contributed by atoms with van der Waals surface area (Å²) in [6, 6.07) is 15.4. The summed E-state index contributed by atoms with van der Waals surface area (Å²) in [5.41, 5.74) is 1.97. The van der Waals surface area contributed by atoms with Gasteiger partial charge in [0.15, 0.2) is 5.11 Å². The Balaban J connectivity index is 1.65. The molecule has 0 saturated heterocycles. The second-order valence-electron chi connectivity index (χ2n) is 4.50. The topological polar surface area (TPSA) is 24.1 Å². The molecule has 0 amide bonds. The molecule has 2 nitrogen and oxygen atoms in total. The van der Waals surface area contributed by atoms with E-state index in [0.717, 1.165) is 34.3 Å². The highest BCUT2D eigenvalue weighted by Gasteiger charge is 2.02. The van der Waals surface area contributed by atoms with Crippen molar-refractivity contribution in [2.75, 3.05) is 17.6 Å². The summed E-state index contributed by atoms with van der Waals surface area (Å²) in [6.45, 7) is 0.783. The van der Waals surface area contributed by atoms with Gasteiger partial charge in [-0.15, -0.1) is 0 Å². The van der Waals surface area contributed by atoms with E-state index in [2.05, 4.69) is 10.6 Å². The molecule has 0 aromatic heterocycles. The molecule has 0 heterocycles. The number of hydrogen-bond acceptors (Lipinski definition) is 2. The van der Waals surface area contributed by atoms with Gasteiger partial charge in [0.05, 0.1) is 10.7 Å². The Labute approximate surface area is 150 Å². The predicted molar refractivity (Wildman–Crippen MR) is 103 cm³/mol. The van der Waals surface area contributed by atoms with Crippen molar-refractivity contribution in [3.8, 4) is 0 Å². The van der Waals surface area contributed by atoms with Crippen LogP contribution in [0, 0.1) is 0 Å². The summed E-state index contributed by atoms with van der Waals surface area (Å²) in [4.78, 5) is 0. The molecule has 2 aromatic carbocycles. The highest BCUT2D eigenvalue weighted by Crippen LogP contribution is 2.21. The molecule has 0 aliphatic rings. The van der Waals surface area contributed by atoms with Crippen LogP contribution in [0.4, 0.5) is 5.69 Å². The fraction of sp³-hybridized carbons (Fsp3) is 0.188. The van der Waals surface area contributed by atoms with Gasteiger partial charge in [0, 0.05) is 23.1 Å². The van der Waals surface area contributed by atoms with Crippen molar-refractivity contribution >= 4 is 58.0 Å². The third kappa shape index (κ3) is 5.69. The number of nitrogens with one attached hydrogen (secondary N) is 2. The normalized spacial score (nSPS) is 10.3. The summed E-state index contributed by atoms with van der Waals surface area (Å²) in [5.74, 6) is 1.83. The van der Waals surface area contributed by atoms with Crippen molar-refractivity contribution in [3.63, 3.8) is 0 Å². The molecule has 2 N–H and O–H groups in total. The van der Waals surface area contributed by atoms with Crippen LogP contribution in [0.5, 0.6) is 0 Å². The zero-order chi connectivity index (χ0) is 15.8. The van der Waals surface area contributed by atoms with Crippen molar-refractivity contribution in [2.24, 2.45) is 0 Å². The fourth-order valence-electron chi connectivity index (χ4n) is 1.76. The molecule has 2 rings (SSSR count). The van der Waals surface area contributed by atoms with Gasteiger partial charge in [0.25, 0.3) is 0 Å². The first kappa shape index (κ1) is 17.4. The van der Waals surface area contributed by atoms with E-state index in [1.54, 1.807) is 0 Å². The van der Waals surface area contributed by atoms with Crippen molar-refractivity contribution in [1.29, 1.82) is 0 Å². The van der Waals surface area contributed by atoms with Crippen molar-refractivity contribution in [3.05, 3.63) is 64.1 Å². The van der Waals surface area contributed by atoms with Gasteiger partial charge in [-0.05, 0) is 36.0 Å². The van der Waals surface area contributed by atoms with Gasteiger partial charge >= 0.3 is 0 Å². The molecular formula is C16H16Cl2N2S2. The Morgan fingerprint density at radius 1 is 1.00 bits per heavy atom. The van der Waals surface area contributed by atoms with E-state index in [9.17, 15) is 0 Å². The first-order valence-corrected chi connectivity index (χ1v) is 9.09. The number of benzene rings is 2. The van der Waals surface area contributed by atoms with Crippen LogP contribution in [0.1, 0.15) is 5.56 Å². The van der Waals surface area contributed by atoms with Crippen LogP contribution in [0.25, 0.3) is 0 Å². The van der Waals surface area contributed by atoms with Crippen LogP contribution in [-0.2, 0) is 5.75 Å². The maximum absolute atomic E-state index is 6.12. The number of rotatable bonds is 6. The van der Waals surface area contributed by atoms with Crippen molar-refractivity contribution in [2.45, 2.75) is 5.75 Å². The van der Waals surface area contributed by atoms with E-state index >= 15 is 0 Å². The van der Waals surface area contributed by atoms with E-state index in [4.69, 9.17) is 35.4 Å². The summed E-state index contributed by atoms with van der Waals surface area (Å²) in [6.07, 6.45) is 0. The van der Waals surface area contributed by atoms with E-state index in [-0.39, 0.29) is 0 Å². The van der Waals surface area contributed by atoms with Crippen LogP contribution in [0.15, 0.2) is 48.5 Å². The molecular weight excluding hydrogens is 355 g/mol. The zero-order valence-electron chi connectivity index (χ0n) is 11.8. The lowest BCUT2D eigenvalue weighted by Crippen LogP contribution is -2.30. The SMILES string of the molecule is S=C(NCCSCc1ccccc1Cl)Nc1ccccc1Cl. The molecule has 0 aliphatic carbocycles. The standard InChI is InChI=1S/C16H16Cl2N2S2/c17-13-6-2-1-5-12(13)11-22-10-9-19-16(21)20-15-8-4-3-7-14(15)18/h1-8H,9-11H2,(H2,19,20,21). The zero-order valence-corrected chi connectivity index (χ0v) is 15.0. The molecule has 0 bridgehead atoms. The Hall–Kier alpha value is -0.940. The molecule has 0 unspecified atom stereocenters. The first-order valence-electron chi connectivity index (χ1n) is 6.77. The van der Waals surface area contributed by atoms with E-state index in [0.29, 0.717) is 10.1 Å².